The molecule has 0 fully saturated rings. The minimum absolute atomic E-state index is 0. The van der Waals surface area contributed by atoms with Crippen LogP contribution in [0.1, 0.15) is 97.9 Å². The summed E-state index contributed by atoms with van der Waals surface area (Å²) in [5, 5.41) is 7.42. The maximum absolute atomic E-state index is 5.42. The van der Waals surface area contributed by atoms with Crippen LogP contribution >= 0.6 is 0 Å². The fourth-order valence-electron chi connectivity index (χ4n) is 12.4. The van der Waals surface area contributed by atoms with Crippen molar-refractivity contribution >= 4 is 65.4 Å². The molecule has 0 saturated heterocycles. The summed E-state index contributed by atoms with van der Waals surface area (Å²) in [6.45, 7) is 23.4. The zero-order valence-electron chi connectivity index (χ0n) is 43.3. The maximum Gasteiger partial charge on any atom is 2.00 e. The van der Waals surface area contributed by atoms with Crippen molar-refractivity contribution in [3.63, 3.8) is 0 Å². The summed E-state index contributed by atoms with van der Waals surface area (Å²) in [4.78, 5) is 10.6. The monoisotopic (exact) mass is 1130 g/mol. The number of hydrogen-bond donors (Lipinski definition) is 0. The van der Waals surface area contributed by atoms with Crippen LogP contribution in [-0.2, 0) is 42.7 Å². The van der Waals surface area contributed by atoms with Gasteiger partial charge < -0.3 is 13.7 Å². The standard InChI is InChI=1S/C67H59N5.Pt/c1-64(2,3)43-30-31-55(48(35-43)41-20-12-11-13-21-41)72-56-29-17-15-27-53(56)69-63(72)42-22-18-23-45(34-42)70-54-28-16-14-24-46(54)49-37-50-58(39-57(49)70)71(60-36-44(32-33-68-60)65(4,5)6)59-38-52-62-47(61(50)59)25-19-26-51(62)66(7,8)40-67(52,9)10;/h11-33,35-38H,40H2,1-10H3;/q-2;+2. The van der Waals surface area contributed by atoms with Crippen molar-refractivity contribution in [2.45, 2.75) is 97.3 Å². The summed E-state index contributed by atoms with van der Waals surface area (Å²) in [6.07, 6.45) is 3.04. The Balaban J connectivity index is 0.00000543. The summed E-state index contributed by atoms with van der Waals surface area (Å²) in [6, 6.07) is 65.9. The number of para-hydroxylation sites is 3. The van der Waals surface area contributed by atoms with Gasteiger partial charge in [-0.1, -0.05) is 165 Å². The number of aromatic nitrogens is 5. The van der Waals surface area contributed by atoms with Gasteiger partial charge in [-0.15, -0.1) is 46.7 Å². The van der Waals surface area contributed by atoms with Crippen molar-refractivity contribution in [3.05, 3.63) is 198 Å². The van der Waals surface area contributed by atoms with Gasteiger partial charge in [0.2, 0.25) is 0 Å². The fourth-order valence-corrected chi connectivity index (χ4v) is 12.4. The van der Waals surface area contributed by atoms with Crippen LogP contribution in [0.25, 0.3) is 105 Å². The molecular formula is C67H59N5Pt. The van der Waals surface area contributed by atoms with Crippen molar-refractivity contribution in [1.82, 2.24) is 23.7 Å². The van der Waals surface area contributed by atoms with E-state index < -0.39 is 0 Å². The molecule has 6 heteroatoms. The van der Waals surface area contributed by atoms with Crippen molar-refractivity contribution in [3.8, 4) is 39.7 Å². The number of benzene rings is 8. The average molecular weight is 1130 g/mol. The summed E-state index contributed by atoms with van der Waals surface area (Å²) in [5.41, 5.74) is 16.7. The van der Waals surface area contributed by atoms with E-state index >= 15 is 0 Å². The Hall–Kier alpha value is -7.07. The first-order chi connectivity index (χ1) is 34.5. The van der Waals surface area contributed by atoms with E-state index in [1.165, 1.54) is 49.2 Å². The second-order valence-corrected chi connectivity index (χ2v) is 23.7. The summed E-state index contributed by atoms with van der Waals surface area (Å²) >= 11 is 0. The van der Waals surface area contributed by atoms with Gasteiger partial charge in [-0.2, -0.15) is 6.07 Å². The third-order valence-electron chi connectivity index (χ3n) is 15.8. The van der Waals surface area contributed by atoms with Gasteiger partial charge >= 0.3 is 21.1 Å². The second-order valence-electron chi connectivity index (χ2n) is 23.7. The number of fused-ring (bicyclic) bond motifs is 8. The molecule has 0 unspecified atom stereocenters. The van der Waals surface area contributed by atoms with Crippen LogP contribution < -0.4 is 0 Å². The zero-order valence-corrected chi connectivity index (χ0v) is 45.6. The Morgan fingerprint density at radius 2 is 1.18 bits per heavy atom. The van der Waals surface area contributed by atoms with E-state index in [2.05, 4.69) is 253 Å². The van der Waals surface area contributed by atoms with Gasteiger partial charge in [-0.3, -0.25) is 4.98 Å². The predicted molar refractivity (Wildman–Crippen MR) is 302 cm³/mol. The number of imidazole rings is 1. The number of hydrogen-bond acceptors (Lipinski definition) is 2. The maximum atomic E-state index is 5.42. The molecule has 0 amide bonds. The van der Waals surface area contributed by atoms with Gasteiger partial charge in [0.25, 0.3) is 0 Å². The van der Waals surface area contributed by atoms with Crippen LogP contribution in [0.4, 0.5) is 0 Å². The minimum atomic E-state index is -0.0680. The van der Waals surface area contributed by atoms with Crippen LogP contribution in [0.2, 0.25) is 0 Å². The first kappa shape index (κ1) is 47.0. The molecule has 362 valence electrons. The SMILES string of the molecule is CC(C)(C)c1ccnc(-n2c3[c-]c4c(cc3c3c5cccc6c5c(cc32)C(C)(C)CC6(C)C)c2ccccc2n4-c2[c-]c(-c3nc4ccccc4n3-c3ccc(C(C)(C)C)cc3-c3ccccc3)ccc2)c1.[Pt+2]. The molecule has 1 aliphatic carbocycles. The fraction of sp³-hybridized carbons (Fsp3) is 0.224. The van der Waals surface area contributed by atoms with Crippen LogP contribution in [0, 0.1) is 12.1 Å². The third kappa shape index (κ3) is 7.28. The normalized spacial score (nSPS) is 14.5. The van der Waals surface area contributed by atoms with E-state index in [4.69, 9.17) is 9.97 Å². The van der Waals surface area contributed by atoms with E-state index in [1.54, 1.807) is 0 Å². The molecule has 0 atom stereocenters. The summed E-state index contributed by atoms with van der Waals surface area (Å²) in [5.74, 6) is 1.73. The molecule has 73 heavy (non-hydrogen) atoms. The molecule has 1 aliphatic rings. The van der Waals surface area contributed by atoms with Gasteiger partial charge in [-0.25, -0.2) is 4.98 Å². The molecule has 0 N–H and O–H groups in total. The van der Waals surface area contributed by atoms with E-state index in [9.17, 15) is 0 Å². The molecule has 0 spiro atoms. The first-order valence-electron chi connectivity index (χ1n) is 25.5. The van der Waals surface area contributed by atoms with Crippen LogP contribution in [0.3, 0.4) is 0 Å². The van der Waals surface area contributed by atoms with Gasteiger partial charge in [0.15, 0.2) is 0 Å². The van der Waals surface area contributed by atoms with Gasteiger partial charge in [0.05, 0.1) is 16.9 Å². The molecule has 4 aromatic heterocycles. The Kier molecular flexibility index (Phi) is 10.6. The second kappa shape index (κ2) is 16.5. The Bertz CT molecular complexity index is 4200. The summed E-state index contributed by atoms with van der Waals surface area (Å²) < 4.78 is 7.09. The Morgan fingerprint density at radius 1 is 0.507 bits per heavy atom. The zero-order chi connectivity index (χ0) is 49.6. The van der Waals surface area contributed by atoms with E-state index in [1.807, 2.05) is 6.20 Å². The predicted octanol–water partition coefficient (Wildman–Crippen LogP) is 17.3. The quantitative estimate of drug-likeness (QED) is 0.161. The minimum Gasteiger partial charge on any atom is -0.352 e. The largest absolute Gasteiger partial charge is 2.00 e. The number of nitrogens with zero attached hydrogens (tertiary/aromatic N) is 5. The molecule has 13 rings (SSSR count). The molecule has 5 nitrogen and oxygen atoms in total. The molecule has 0 bridgehead atoms. The van der Waals surface area contributed by atoms with Crippen LogP contribution in [-0.4, -0.2) is 23.7 Å². The molecule has 12 aromatic rings. The van der Waals surface area contributed by atoms with Crippen molar-refractivity contribution < 1.29 is 21.1 Å². The third-order valence-corrected chi connectivity index (χ3v) is 15.8. The average Bonchev–Trinajstić information content (AvgIpc) is 4.02. The Labute approximate surface area is 442 Å². The smallest absolute Gasteiger partial charge is 0.352 e. The van der Waals surface area contributed by atoms with Crippen LogP contribution in [0.15, 0.2) is 164 Å². The molecular weight excluding hydrogens is 1070 g/mol. The first-order valence-corrected chi connectivity index (χ1v) is 25.5. The van der Waals surface area contributed by atoms with Crippen molar-refractivity contribution in [2.75, 3.05) is 0 Å². The van der Waals surface area contributed by atoms with E-state index in [0.717, 1.165) is 84.6 Å². The molecule has 0 aliphatic heterocycles. The number of rotatable bonds is 5. The van der Waals surface area contributed by atoms with Crippen molar-refractivity contribution in [2.24, 2.45) is 0 Å². The molecule has 0 saturated carbocycles. The van der Waals surface area contributed by atoms with Gasteiger partial charge in [0, 0.05) is 28.5 Å². The van der Waals surface area contributed by atoms with Gasteiger partial charge in [-0.05, 0) is 132 Å². The van der Waals surface area contributed by atoms with Gasteiger partial charge in [0.1, 0.15) is 5.82 Å². The van der Waals surface area contributed by atoms with Crippen molar-refractivity contribution in [1.29, 1.82) is 0 Å². The van der Waals surface area contributed by atoms with E-state index in [-0.39, 0.29) is 42.7 Å². The summed E-state index contributed by atoms with van der Waals surface area (Å²) in [7, 11) is 0. The molecule has 4 heterocycles. The molecule has 0 radical (unpaired) electrons. The van der Waals surface area contributed by atoms with E-state index in [0.29, 0.717) is 0 Å². The molecule has 8 aromatic carbocycles. The number of pyridine rings is 1. The van der Waals surface area contributed by atoms with Crippen LogP contribution in [0.5, 0.6) is 0 Å². The topological polar surface area (TPSA) is 40.6 Å². The Morgan fingerprint density at radius 3 is 1.96 bits per heavy atom.